The monoisotopic (exact) mass is 375 g/mol. The maximum absolute atomic E-state index is 12.4. The highest BCUT2D eigenvalue weighted by molar-refractivity contribution is 6.00. The fourth-order valence-electron chi connectivity index (χ4n) is 2.99. The minimum Gasteiger partial charge on any atom is -0.396 e. The van der Waals surface area contributed by atoms with Crippen molar-refractivity contribution in [1.29, 1.82) is 0 Å². The van der Waals surface area contributed by atoms with Gasteiger partial charge in [0.1, 0.15) is 0 Å². The highest BCUT2D eigenvalue weighted by Gasteiger charge is 2.07. The average molecular weight is 375 g/mol. The molecule has 0 unspecified atom stereocenters. The molecular formula is C23H25N3O2. The van der Waals surface area contributed by atoms with Gasteiger partial charge in [-0.25, -0.2) is 4.79 Å². The fraction of sp³-hybridized carbons (Fsp3) is 0.174. The minimum atomic E-state index is -0.314. The third-order valence-corrected chi connectivity index (χ3v) is 4.48. The van der Waals surface area contributed by atoms with Crippen LogP contribution in [0.2, 0.25) is 0 Å². The Morgan fingerprint density at radius 1 is 0.893 bits per heavy atom. The van der Waals surface area contributed by atoms with Crippen LogP contribution in [0.5, 0.6) is 0 Å². The van der Waals surface area contributed by atoms with Gasteiger partial charge < -0.3 is 20.6 Å². The molecular weight excluding hydrogens is 350 g/mol. The van der Waals surface area contributed by atoms with Crippen molar-refractivity contribution in [2.45, 2.75) is 6.42 Å². The molecule has 144 valence electrons. The van der Waals surface area contributed by atoms with Crippen LogP contribution in [0.1, 0.15) is 5.56 Å². The van der Waals surface area contributed by atoms with Gasteiger partial charge in [-0.05, 0) is 53.4 Å². The first-order chi connectivity index (χ1) is 13.6. The summed E-state index contributed by atoms with van der Waals surface area (Å²) < 4.78 is 0. The van der Waals surface area contributed by atoms with Crippen LogP contribution in [-0.4, -0.2) is 31.8 Å². The van der Waals surface area contributed by atoms with Crippen molar-refractivity contribution < 1.29 is 9.90 Å². The van der Waals surface area contributed by atoms with Gasteiger partial charge in [0.2, 0.25) is 0 Å². The molecule has 3 aromatic rings. The predicted octanol–water partition coefficient (Wildman–Crippen LogP) is 4.60. The molecule has 3 aromatic carbocycles. The molecule has 0 aromatic heterocycles. The lowest BCUT2D eigenvalue weighted by atomic mass is 10.0. The lowest BCUT2D eigenvalue weighted by Gasteiger charge is -2.14. The van der Waals surface area contributed by atoms with Crippen LogP contribution in [0.15, 0.2) is 72.8 Å². The van der Waals surface area contributed by atoms with E-state index < -0.39 is 0 Å². The fourth-order valence-corrected chi connectivity index (χ4v) is 2.99. The molecule has 0 bridgehead atoms. The topological polar surface area (TPSA) is 64.6 Å². The van der Waals surface area contributed by atoms with Gasteiger partial charge in [0.05, 0.1) is 0 Å². The summed E-state index contributed by atoms with van der Waals surface area (Å²) in [5, 5.41) is 14.9. The van der Waals surface area contributed by atoms with Crippen molar-refractivity contribution in [1.82, 2.24) is 0 Å². The Morgan fingerprint density at radius 2 is 1.64 bits per heavy atom. The van der Waals surface area contributed by atoms with Crippen molar-refractivity contribution in [2.24, 2.45) is 0 Å². The second kappa shape index (κ2) is 9.06. The summed E-state index contributed by atoms with van der Waals surface area (Å²) in [4.78, 5) is 14.5. The number of anilines is 3. The van der Waals surface area contributed by atoms with Gasteiger partial charge in [0.25, 0.3) is 0 Å². The van der Waals surface area contributed by atoms with Gasteiger partial charge in [0.15, 0.2) is 0 Å². The summed E-state index contributed by atoms with van der Waals surface area (Å²) in [7, 11) is 4.02. The maximum atomic E-state index is 12.4. The van der Waals surface area contributed by atoms with E-state index in [9.17, 15) is 4.79 Å². The number of rotatable bonds is 6. The molecule has 3 rings (SSSR count). The van der Waals surface area contributed by atoms with E-state index in [0.29, 0.717) is 17.8 Å². The summed E-state index contributed by atoms with van der Waals surface area (Å²) in [6, 6.07) is 23.2. The number of aliphatic hydroxyl groups is 1. The summed E-state index contributed by atoms with van der Waals surface area (Å²) in [5.41, 5.74) is 5.57. The number of urea groups is 1. The molecule has 0 saturated carbocycles. The third kappa shape index (κ3) is 4.90. The van der Waals surface area contributed by atoms with Gasteiger partial charge >= 0.3 is 6.03 Å². The molecule has 5 heteroatoms. The van der Waals surface area contributed by atoms with E-state index in [2.05, 4.69) is 39.8 Å². The van der Waals surface area contributed by atoms with Gasteiger partial charge in [0, 0.05) is 37.8 Å². The number of benzene rings is 3. The van der Waals surface area contributed by atoms with E-state index in [1.54, 1.807) is 0 Å². The zero-order valence-corrected chi connectivity index (χ0v) is 16.1. The molecule has 28 heavy (non-hydrogen) atoms. The number of hydrogen-bond donors (Lipinski definition) is 3. The number of amides is 2. The number of hydrogen-bond acceptors (Lipinski definition) is 3. The van der Waals surface area contributed by atoms with Gasteiger partial charge in [-0.2, -0.15) is 0 Å². The predicted molar refractivity (Wildman–Crippen MR) is 116 cm³/mol. The van der Waals surface area contributed by atoms with Crippen LogP contribution in [0.4, 0.5) is 21.9 Å². The van der Waals surface area contributed by atoms with E-state index in [1.165, 1.54) is 0 Å². The number of para-hydroxylation sites is 1. The summed E-state index contributed by atoms with van der Waals surface area (Å²) in [6.45, 7) is 0.0367. The number of nitrogens with zero attached hydrogens (tertiary/aromatic N) is 1. The van der Waals surface area contributed by atoms with Crippen molar-refractivity contribution in [2.75, 3.05) is 36.2 Å². The van der Waals surface area contributed by atoms with E-state index in [1.807, 2.05) is 62.6 Å². The highest BCUT2D eigenvalue weighted by Crippen LogP contribution is 2.25. The Balaban J connectivity index is 1.71. The Hall–Kier alpha value is -3.31. The minimum absolute atomic E-state index is 0.0367. The van der Waals surface area contributed by atoms with Crippen LogP contribution in [0.25, 0.3) is 11.1 Å². The van der Waals surface area contributed by atoms with Crippen LogP contribution >= 0.6 is 0 Å². The van der Waals surface area contributed by atoms with Crippen LogP contribution in [-0.2, 0) is 6.42 Å². The summed E-state index contributed by atoms with van der Waals surface area (Å²) in [5.74, 6) is 0. The van der Waals surface area contributed by atoms with E-state index in [-0.39, 0.29) is 12.6 Å². The second-order valence-electron chi connectivity index (χ2n) is 6.73. The molecule has 5 nitrogen and oxygen atoms in total. The molecule has 0 atom stereocenters. The number of aliphatic hydroxyl groups excluding tert-OH is 1. The van der Waals surface area contributed by atoms with Gasteiger partial charge in [-0.1, -0.05) is 42.5 Å². The van der Waals surface area contributed by atoms with E-state index in [4.69, 9.17) is 5.11 Å². The van der Waals surface area contributed by atoms with Crippen LogP contribution in [0.3, 0.4) is 0 Å². The van der Waals surface area contributed by atoms with Crippen molar-refractivity contribution in [3.63, 3.8) is 0 Å². The van der Waals surface area contributed by atoms with Crippen molar-refractivity contribution in [3.8, 4) is 11.1 Å². The molecule has 3 N–H and O–H groups in total. The first-order valence-electron chi connectivity index (χ1n) is 9.21. The number of carbonyl (C=O) groups is 1. The second-order valence-corrected chi connectivity index (χ2v) is 6.73. The van der Waals surface area contributed by atoms with Crippen LogP contribution in [0, 0.1) is 0 Å². The molecule has 0 spiro atoms. The van der Waals surface area contributed by atoms with Gasteiger partial charge in [-0.15, -0.1) is 0 Å². The van der Waals surface area contributed by atoms with Gasteiger partial charge in [-0.3, -0.25) is 0 Å². The molecule has 0 aliphatic rings. The first kappa shape index (κ1) is 19.5. The smallest absolute Gasteiger partial charge is 0.323 e. The standard InChI is InChI=1S/C23H25N3O2/c1-26(2)21-12-10-17(11-13-21)19-7-5-8-20(16-19)24-23(28)25-22-9-4-3-6-18(22)14-15-27/h3-13,16,27H,14-15H2,1-2H3,(H2,24,25,28). The van der Waals surface area contributed by atoms with Crippen LogP contribution < -0.4 is 15.5 Å². The quantitative estimate of drug-likeness (QED) is 0.590. The molecule has 0 heterocycles. The highest BCUT2D eigenvalue weighted by atomic mass is 16.3. The normalized spacial score (nSPS) is 10.4. The maximum Gasteiger partial charge on any atom is 0.323 e. The number of carbonyl (C=O) groups excluding carboxylic acids is 1. The Bertz CT molecular complexity index is 937. The average Bonchev–Trinajstić information content (AvgIpc) is 2.70. The van der Waals surface area contributed by atoms with Crippen molar-refractivity contribution in [3.05, 3.63) is 78.4 Å². The first-order valence-corrected chi connectivity index (χ1v) is 9.21. The lowest BCUT2D eigenvalue weighted by molar-refractivity contribution is 0.262. The Morgan fingerprint density at radius 3 is 2.36 bits per heavy atom. The Kier molecular flexibility index (Phi) is 6.29. The Labute approximate surface area is 165 Å². The summed E-state index contributed by atoms with van der Waals surface area (Å²) in [6.07, 6.45) is 0.495. The van der Waals surface area contributed by atoms with E-state index in [0.717, 1.165) is 22.4 Å². The van der Waals surface area contributed by atoms with Crippen molar-refractivity contribution >= 4 is 23.1 Å². The lowest BCUT2D eigenvalue weighted by Crippen LogP contribution is -2.20. The molecule has 0 fully saturated rings. The largest absolute Gasteiger partial charge is 0.396 e. The zero-order valence-electron chi connectivity index (χ0n) is 16.1. The third-order valence-electron chi connectivity index (χ3n) is 4.48. The molecule has 0 aliphatic carbocycles. The molecule has 0 aliphatic heterocycles. The number of nitrogens with one attached hydrogen (secondary N) is 2. The zero-order chi connectivity index (χ0) is 19.9. The summed E-state index contributed by atoms with van der Waals surface area (Å²) >= 11 is 0. The SMILES string of the molecule is CN(C)c1ccc(-c2cccc(NC(=O)Nc3ccccc3CCO)c2)cc1. The molecule has 0 saturated heterocycles. The molecule has 0 radical (unpaired) electrons. The molecule has 2 amide bonds. The van der Waals surface area contributed by atoms with E-state index >= 15 is 0 Å².